The van der Waals surface area contributed by atoms with Gasteiger partial charge in [0.1, 0.15) is 5.75 Å². The molecule has 0 fully saturated rings. The molecule has 2 aromatic carbocycles. The maximum atomic E-state index is 13.5. The zero-order valence-corrected chi connectivity index (χ0v) is 19.1. The number of methoxy groups -OCH3 is 4. The molecule has 1 aliphatic heterocycles. The first kappa shape index (κ1) is 23.4. The Kier molecular flexibility index (Phi) is 7.58. The van der Waals surface area contributed by atoms with E-state index in [4.69, 9.17) is 18.9 Å². The highest BCUT2D eigenvalue weighted by molar-refractivity contribution is 6.02. The molecule has 0 saturated heterocycles. The molecule has 2 atom stereocenters. The van der Waals surface area contributed by atoms with Gasteiger partial charge in [0.15, 0.2) is 11.5 Å². The van der Waals surface area contributed by atoms with E-state index < -0.39 is 12.0 Å². The van der Waals surface area contributed by atoms with Gasteiger partial charge < -0.3 is 29.2 Å². The first-order valence-electron chi connectivity index (χ1n) is 10.4. The van der Waals surface area contributed by atoms with Crippen molar-refractivity contribution in [2.75, 3.05) is 48.6 Å². The summed E-state index contributed by atoms with van der Waals surface area (Å²) in [6, 6.07) is 10.3. The van der Waals surface area contributed by atoms with Crippen LogP contribution in [-0.4, -0.2) is 65.4 Å². The summed E-state index contributed by atoms with van der Waals surface area (Å²) in [6.45, 7) is 1.02. The van der Waals surface area contributed by atoms with E-state index in [-0.39, 0.29) is 11.8 Å². The number of likely N-dealkylation sites (N-methyl/N-ethyl adjacent to an activating group) is 1. The zero-order valence-electron chi connectivity index (χ0n) is 19.1. The third-order valence-electron chi connectivity index (χ3n) is 5.74. The standard InChI is InChI=1S/C24H30N2O6/c1-26-22(15-7-9-16(30-3)10-8-15)21(23(27)25-11-6-12-29-2)17-13-19(31-4)20(32-5)14-18(17)24(26)28/h7-10,13-14,21-22H,6,11-12H2,1-5H3,(H,25,27)/t21-,22+/m1/s1. The van der Waals surface area contributed by atoms with Gasteiger partial charge in [0.05, 0.1) is 33.3 Å². The van der Waals surface area contributed by atoms with E-state index in [1.54, 1.807) is 38.3 Å². The largest absolute Gasteiger partial charge is 0.497 e. The normalized spacial score (nSPS) is 17.5. The summed E-state index contributed by atoms with van der Waals surface area (Å²) in [4.78, 5) is 28.4. The summed E-state index contributed by atoms with van der Waals surface area (Å²) in [5, 5.41) is 3.00. The molecule has 0 bridgehead atoms. The van der Waals surface area contributed by atoms with E-state index in [1.807, 2.05) is 24.3 Å². The molecule has 0 aromatic heterocycles. The molecule has 1 aliphatic rings. The lowest BCUT2D eigenvalue weighted by Gasteiger charge is -2.40. The molecule has 0 unspecified atom stereocenters. The predicted molar refractivity (Wildman–Crippen MR) is 120 cm³/mol. The molecule has 2 aromatic rings. The number of rotatable bonds is 9. The minimum absolute atomic E-state index is 0.172. The smallest absolute Gasteiger partial charge is 0.254 e. The molecular weight excluding hydrogens is 412 g/mol. The molecule has 0 radical (unpaired) electrons. The van der Waals surface area contributed by atoms with Crippen molar-refractivity contribution in [3.63, 3.8) is 0 Å². The summed E-state index contributed by atoms with van der Waals surface area (Å²) in [6.07, 6.45) is 0.690. The van der Waals surface area contributed by atoms with E-state index in [0.717, 1.165) is 5.56 Å². The van der Waals surface area contributed by atoms with Crippen LogP contribution in [0.15, 0.2) is 36.4 Å². The van der Waals surface area contributed by atoms with E-state index in [9.17, 15) is 9.59 Å². The molecule has 0 saturated carbocycles. The summed E-state index contributed by atoms with van der Waals surface area (Å²) >= 11 is 0. The van der Waals surface area contributed by atoms with Crippen molar-refractivity contribution >= 4 is 11.8 Å². The number of hydrogen-bond acceptors (Lipinski definition) is 6. The topological polar surface area (TPSA) is 86.3 Å². The Bertz CT molecular complexity index is 960. The Hall–Kier alpha value is -3.26. The average molecular weight is 443 g/mol. The lowest BCUT2D eigenvalue weighted by Crippen LogP contribution is -2.45. The van der Waals surface area contributed by atoms with Gasteiger partial charge in [-0.1, -0.05) is 12.1 Å². The van der Waals surface area contributed by atoms with Gasteiger partial charge in [-0.15, -0.1) is 0 Å². The highest BCUT2D eigenvalue weighted by Gasteiger charge is 2.43. The van der Waals surface area contributed by atoms with E-state index in [1.165, 1.54) is 14.2 Å². The van der Waals surface area contributed by atoms with Crippen LogP contribution in [0.1, 0.15) is 39.9 Å². The zero-order chi connectivity index (χ0) is 23.3. The van der Waals surface area contributed by atoms with Crippen LogP contribution in [0.2, 0.25) is 0 Å². The van der Waals surface area contributed by atoms with E-state index in [0.29, 0.717) is 47.9 Å². The summed E-state index contributed by atoms with van der Waals surface area (Å²) in [5.41, 5.74) is 1.86. The van der Waals surface area contributed by atoms with Crippen molar-refractivity contribution in [3.05, 3.63) is 53.1 Å². The van der Waals surface area contributed by atoms with Crippen LogP contribution in [0.4, 0.5) is 0 Å². The fourth-order valence-corrected chi connectivity index (χ4v) is 4.09. The monoisotopic (exact) mass is 442 g/mol. The van der Waals surface area contributed by atoms with Crippen LogP contribution in [0, 0.1) is 0 Å². The minimum Gasteiger partial charge on any atom is -0.497 e. The minimum atomic E-state index is -0.636. The SMILES string of the molecule is COCCCNC(=O)[C@@H]1c2cc(OC)c(OC)cc2C(=O)N(C)[C@H]1c1ccc(OC)cc1. The number of nitrogens with zero attached hydrogens (tertiary/aromatic N) is 1. The number of hydrogen-bond donors (Lipinski definition) is 1. The molecule has 0 aliphatic carbocycles. The quantitative estimate of drug-likeness (QED) is 0.601. The molecular formula is C24H30N2O6. The van der Waals surface area contributed by atoms with Crippen molar-refractivity contribution in [3.8, 4) is 17.2 Å². The van der Waals surface area contributed by atoms with Crippen molar-refractivity contribution in [2.24, 2.45) is 0 Å². The Balaban J connectivity index is 2.10. The third kappa shape index (κ3) is 4.50. The Morgan fingerprint density at radius 2 is 1.66 bits per heavy atom. The van der Waals surface area contributed by atoms with Crippen LogP contribution in [-0.2, 0) is 9.53 Å². The van der Waals surface area contributed by atoms with Crippen LogP contribution in [0.3, 0.4) is 0 Å². The van der Waals surface area contributed by atoms with Gasteiger partial charge in [0, 0.05) is 32.9 Å². The molecule has 1 heterocycles. The number of carbonyl (C=O) groups excluding carboxylic acids is 2. The second-order valence-corrected chi connectivity index (χ2v) is 7.54. The van der Waals surface area contributed by atoms with Gasteiger partial charge in [0.2, 0.25) is 5.91 Å². The Morgan fingerprint density at radius 1 is 1.00 bits per heavy atom. The highest BCUT2D eigenvalue weighted by atomic mass is 16.5. The molecule has 32 heavy (non-hydrogen) atoms. The molecule has 172 valence electrons. The molecule has 2 amide bonds. The molecule has 8 nitrogen and oxygen atoms in total. The van der Waals surface area contributed by atoms with E-state index in [2.05, 4.69) is 5.32 Å². The highest BCUT2D eigenvalue weighted by Crippen LogP contribution is 2.45. The van der Waals surface area contributed by atoms with Crippen molar-refractivity contribution < 1.29 is 28.5 Å². The summed E-state index contributed by atoms with van der Waals surface area (Å²) in [5.74, 6) is 0.610. The first-order valence-corrected chi connectivity index (χ1v) is 10.4. The first-order chi connectivity index (χ1) is 15.5. The lowest BCUT2D eigenvalue weighted by atomic mass is 9.79. The third-order valence-corrected chi connectivity index (χ3v) is 5.74. The van der Waals surface area contributed by atoms with Gasteiger partial charge in [-0.05, 0) is 41.8 Å². The van der Waals surface area contributed by atoms with Gasteiger partial charge in [-0.2, -0.15) is 0 Å². The van der Waals surface area contributed by atoms with Crippen molar-refractivity contribution in [1.82, 2.24) is 10.2 Å². The second-order valence-electron chi connectivity index (χ2n) is 7.54. The van der Waals surface area contributed by atoms with Gasteiger partial charge >= 0.3 is 0 Å². The molecule has 0 spiro atoms. The van der Waals surface area contributed by atoms with E-state index >= 15 is 0 Å². The van der Waals surface area contributed by atoms with Crippen LogP contribution in [0.25, 0.3) is 0 Å². The summed E-state index contributed by atoms with van der Waals surface area (Å²) < 4.78 is 21.2. The maximum Gasteiger partial charge on any atom is 0.254 e. The number of nitrogens with one attached hydrogen (secondary N) is 1. The Labute approximate surface area is 188 Å². The number of ether oxygens (including phenoxy) is 4. The predicted octanol–water partition coefficient (Wildman–Crippen LogP) is 2.78. The van der Waals surface area contributed by atoms with Gasteiger partial charge in [-0.25, -0.2) is 0 Å². The molecule has 8 heteroatoms. The van der Waals surface area contributed by atoms with Gasteiger partial charge in [0.25, 0.3) is 5.91 Å². The number of benzene rings is 2. The van der Waals surface area contributed by atoms with Crippen LogP contribution in [0.5, 0.6) is 17.2 Å². The lowest BCUT2D eigenvalue weighted by molar-refractivity contribution is -0.124. The Morgan fingerprint density at radius 3 is 2.25 bits per heavy atom. The number of carbonyl (C=O) groups is 2. The number of amides is 2. The fraction of sp³-hybridized carbons (Fsp3) is 0.417. The molecule has 3 rings (SSSR count). The van der Waals surface area contributed by atoms with Crippen molar-refractivity contribution in [1.29, 1.82) is 0 Å². The van der Waals surface area contributed by atoms with Crippen LogP contribution >= 0.6 is 0 Å². The average Bonchev–Trinajstić information content (AvgIpc) is 2.83. The molecule has 1 N–H and O–H groups in total. The number of fused-ring (bicyclic) bond motifs is 1. The summed E-state index contributed by atoms with van der Waals surface area (Å²) in [7, 11) is 7.97. The second kappa shape index (κ2) is 10.4. The van der Waals surface area contributed by atoms with Gasteiger partial charge in [-0.3, -0.25) is 9.59 Å². The maximum absolute atomic E-state index is 13.5. The van der Waals surface area contributed by atoms with Crippen LogP contribution < -0.4 is 19.5 Å². The fourth-order valence-electron chi connectivity index (χ4n) is 4.09. The van der Waals surface area contributed by atoms with Crippen molar-refractivity contribution in [2.45, 2.75) is 18.4 Å².